The predicted octanol–water partition coefficient (Wildman–Crippen LogP) is 4.39. The molecule has 0 bridgehead atoms. The molecular weight excluding hydrogens is 362 g/mol. The number of pyridine rings is 1. The molecule has 5 heteroatoms. The Kier molecular flexibility index (Phi) is 5.68. The minimum Gasteiger partial charge on any atom is -0.367 e. The van der Waals surface area contributed by atoms with Gasteiger partial charge in [0, 0.05) is 12.6 Å². The van der Waals surface area contributed by atoms with Crippen molar-refractivity contribution in [2.24, 2.45) is 0 Å². The smallest absolute Gasteiger partial charge is 0.251 e. The fourth-order valence-electron chi connectivity index (χ4n) is 3.25. The number of carbonyl (C=O) groups excluding carboxylic acids is 1. The van der Waals surface area contributed by atoms with Crippen LogP contribution in [-0.2, 0) is 22.6 Å². The quantitative estimate of drug-likeness (QED) is 0.513. The first kappa shape index (κ1) is 18.9. The van der Waals surface area contributed by atoms with E-state index in [0.717, 1.165) is 28.0 Å². The SMILES string of the molecule is Cc1ccc2nc(Cc3ccccc3)c(NC(=O)COCc3ccccc3)n2c1. The Balaban J connectivity index is 1.52. The van der Waals surface area contributed by atoms with E-state index in [-0.39, 0.29) is 12.5 Å². The molecule has 2 aromatic heterocycles. The molecule has 0 saturated carbocycles. The number of hydrogen-bond donors (Lipinski definition) is 1. The van der Waals surface area contributed by atoms with E-state index in [4.69, 9.17) is 9.72 Å². The molecule has 146 valence electrons. The van der Waals surface area contributed by atoms with Gasteiger partial charge in [-0.3, -0.25) is 9.20 Å². The number of hydrogen-bond acceptors (Lipinski definition) is 3. The summed E-state index contributed by atoms with van der Waals surface area (Å²) in [6.45, 7) is 2.40. The summed E-state index contributed by atoms with van der Waals surface area (Å²) in [7, 11) is 0. The van der Waals surface area contributed by atoms with Crippen LogP contribution in [0.25, 0.3) is 5.65 Å². The molecule has 2 heterocycles. The summed E-state index contributed by atoms with van der Waals surface area (Å²) in [4.78, 5) is 17.3. The number of carbonyl (C=O) groups is 1. The van der Waals surface area contributed by atoms with Crippen molar-refractivity contribution >= 4 is 17.4 Å². The highest BCUT2D eigenvalue weighted by Crippen LogP contribution is 2.22. The van der Waals surface area contributed by atoms with Gasteiger partial charge in [0.1, 0.15) is 18.1 Å². The topological polar surface area (TPSA) is 55.6 Å². The molecule has 4 rings (SSSR count). The number of ether oxygens (including phenoxy) is 1. The van der Waals surface area contributed by atoms with Gasteiger partial charge in [0.15, 0.2) is 0 Å². The van der Waals surface area contributed by atoms with Crippen molar-refractivity contribution in [1.29, 1.82) is 0 Å². The van der Waals surface area contributed by atoms with E-state index in [1.54, 1.807) is 0 Å². The fraction of sp³-hybridized carbons (Fsp3) is 0.167. The second-order valence-electron chi connectivity index (χ2n) is 7.03. The lowest BCUT2D eigenvalue weighted by atomic mass is 10.1. The third-order valence-corrected chi connectivity index (χ3v) is 4.66. The highest BCUT2D eigenvalue weighted by atomic mass is 16.5. The minimum atomic E-state index is -0.196. The molecule has 0 aliphatic heterocycles. The zero-order valence-electron chi connectivity index (χ0n) is 16.3. The monoisotopic (exact) mass is 385 g/mol. The summed E-state index contributed by atoms with van der Waals surface area (Å²) in [5, 5.41) is 3.00. The first-order valence-electron chi connectivity index (χ1n) is 9.62. The molecule has 2 aromatic carbocycles. The minimum absolute atomic E-state index is 0.0152. The first-order chi connectivity index (χ1) is 14.2. The number of imidazole rings is 1. The van der Waals surface area contributed by atoms with Gasteiger partial charge in [-0.1, -0.05) is 66.7 Å². The average molecular weight is 385 g/mol. The van der Waals surface area contributed by atoms with Gasteiger partial charge in [-0.05, 0) is 29.7 Å². The molecule has 5 nitrogen and oxygen atoms in total. The standard InChI is InChI=1S/C24H23N3O2/c1-18-12-13-22-25-21(14-19-8-4-2-5-9-19)24(27(22)15-18)26-23(28)17-29-16-20-10-6-3-7-11-20/h2-13,15H,14,16-17H2,1H3,(H,26,28). The van der Waals surface area contributed by atoms with E-state index in [1.165, 1.54) is 0 Å². The molecule has 0 aliphatic carbocycles. The Hall–Kier alpha value is -3.44. The summed E-state index contributed by atoms with van der Waals surface area (Å²) >= 11 is 0. The Morgan fingerprint density at radius 1 is 0.966 bits per heavy atom. The molecule has 29 heavy (non-hydrogen) atoms. The zero-order chi connectivity index (χ0) is 20.1. The third-order valence-electron chi connectivity index (χ3n) is 4.66. The van der Waals surface area contributed by atoms with Crippen molar-refractivity contribution in [3.8, 4) is 0 Å². The van der Waals surface area contributed by atoms with Crippen LogP contribution in [0.2, 0.25) is 0 Å². The number of nitrogens with zero attached hydrogens (tertiary/aromatic N) is 2. The second-order valence-corrected chi connectivity index (χ2v) is 7.03. The Bertz CT molecular complexity index is 1110. The van der Waals surface area contributed by atoms with Crippen LogP contribution in [-0.4, -0.2) is 21.9 Å². The van der Waals surface area contributed by atoms with Gasteiger partial charge in [-0.2, -0.15) is 0 Å². The number of rotatable bonds is 7. The van der Waals surface area contributed by atoms with Crippen LogP contribution in [0.5, 0.6) is 0 Å². The van der Waals surface area contributed by atoms with Gasteiger partial charge in [-0.15, -0.1) is 0 Å². The lowest BCUT2D eigenvalue weighted by Gasteiger charge is -2.09. The van der Waals surface area contributed by atoms with Crippen LogP contribution in [0.4, 0.5) is 5.82 Å². The van der Waals surface area contributed by atoms with E-state index in [1.807, 2.05) is 78.2 Å². The van der Waals surface area contributed by atoms with Crippen LogP contribution in [0.15, 0.2) is 79.0 Å². The molecule has 0 fully saturated rings. The number of nitrogens with one attached hydrogen (secondary N) is 1. The van der Waals surface area contributed by atoms with Gasteiger partial charge in [0.2, 0.25) is 0 Å². The van der Waals surface area contributed by atoms with E-state index >= 15 is 0 Å². The number of anilines is 1. The molecule has 4 aromatic rings. The number of aromatic nitrogens is 2. The first-order valence-corrected chi connectivity index (χ1v) is 9.62. The highest BCUT2D eigenvalue weighted by Gasteiger charge is 2.15. The van der Waals surface area contributed by atoms with Crippen LogP contribution in [0.1, 0.15) is 22.4 Å². The summed E-state index contributed by atoms with van der Waals surface area (Å²) in [5.41, 5.74) is 4.91. The molecule has 0 saturated heterocycles. The maximum Gasteiger partial charge on any atom is 0.251 e. The van der Waals surface area contributed by atoms with Gasteiger partial charge < -0.3 is 10.1 Å². The maximum absolute atomic E-state index is 12.6. The van der Waals surface area contributed by atoms with Gasteiger partial charge in [-0.25, -0.2) is 4.98 Å². The van der Waals surface area contributed by atoms with Gasteiger partial charge in [0.05, 0.1) is 12.3 Å². The molecule has 0 spiro atoms. The summed E-state index contributed by atoms with van der Waals surface area (Å²) < 4.78 is 7.52. The van der Waals surface area contributed by atoms with E-state index < -0.39 is 0 Å². The predicted molar refractivity (Wildman–Crippen MR) is 114 cm³/mol. The number of aryl methyl sites for hydroxylation is 1. The largest absolute Gasteiger partial charge is 0.367 e. The normalized spacial score (nSPS) is 10.9. The van der Waals surface area contributed by atoms with Crippen LogP contribution in [0, 0.1) is 6.92 Å². The van der Waals surface area contributed by atoms with Crippen LogP contribution in [0.3, 0.4) is 0 Å². The number of benzene rings is 2. The van der Waals surface area contributed by atoms with Gasteiger partial charge in [0.25, 0.3) is 5.91 Å². The molecule has 0 radical (unpaired) electrons. The highest BCUT2D eigenvalue weighted by molar-refractivity contribution is 5.92. The molecule has 0 unspecified atom stereocenters. The summed E-state index contributed by atoms with van der Waals surface area (Å²) in [6.07, 6.45) is 2.62. The Labute approximate surface area is 170 Å². The molecule has 1 N–H and O–H groups in total. The Morgan fingerprint density at radius 2 is 1.66 bits per heavy atom. The van der Waals surface area contributed by atoms with E-state index in [0.29, 0.717) is 18.8 Å². The van der Waals surface area contributed by atoms with E-state index in [2.05, 4.69) is 17.4 Å². The summed E-state index contributed by atoms with van der Waals surface area (Å²) in [6, 6.07) is 23.9. The van der Waals surface area contributed by atoms with Crippen molar-refractivity contribution < 1.29 is 9.53 Å². The maximum atomic E-state index is 12.6. The molecule has 0 aliphatic rings. The van der Waals surface area contributed by atoms with Crippen molar-refractivity contribution in [1.82, 2.24) is 9.38 Å². The third kappa shape index (κ3) is 4.70. The molecule has 0 atom stereocenters. The van der Waals surface area contributed by atoms with Gasteiger partial charge >= 0.3 is 0 Å². The lowest BCUT2D eigenvalue weighted by Crippen LogP contribution is -2.20. The average Bonchev–Trinajstić information content (AvgIpc) is 3.06. The molecular formula is C24H23N3O2. The van der Waals surface area contributed by atoms with Crippen molar-refractivity contribution in [3.63, 3.8) is 0 Å². The van der Waals surface area contributed by atoms with Crippen LogP contribution >= 0.6 is 0 Å². The molecule has 1 amide bonds. The van der Waals surface area contributed by atoms with Crippen molar-refractivity contribution in [2.45, 2.75) is 20.0 Å². The second kappa shape index (κ2) is 8.71. The van der Waals surface area contributed by atoms with Crippen LogP contribution < -0.4 is 5.32 Å². The fourth-order valence-corrected chi connectivity index (χ4v) is 3.25. The number of fused-ring (bicyclic) bond motifs is 1. The Morgan fingerprint density at radius 3 is 2.38 bits per heavy atom. The van der Waals surface area contributed by atoms with E-state index in [9.17, 15) is 4.79 Å². The van der Waals surface area contributed by atoms with Crippen molar-refractivity contribution in [2.75, 3.05) is 11.9 Å². The zero-order valence-corrected chi connectivity index (χ0v) is 16.3. The number of amides is 1. The van der Waals surface area contributed by atoms with Crippen molar-refractivity contribution in [3.05, 3.63) is 101 Å². The summed E-state index contributed by atoms with van der Waals surface area (Å²) in [5.74, 6) is 0.499. The lowest BCUT2D eigenvalue weighted by molar-refractivity contribution is -0.121.